The molecule has 0 N–H and O–H groups in total. The minimum atomic E-state index is 0.695. The van der Waals surface area contributed by atoms with Crippen LogP contribution in [0.2, 0.25) is 0 Å². The molecule has 0 bridgehead atoms. The van der Waals surface area contributed by atoms with E-state index >= 15 is 0 Å². The van der Waals surface area contributed by atoms with Gasteiger partial charge in [-0.3, -0.25) is 0 Å². The van der Waals surface area contributed by atoms with Gasteiger partial charge in [0.25, 0.3) is 0 Å². The lowest BCUT2D eigenvalue weighted by Crippen LogP contribution is -1.72. The van der Waals surface area contributed by atoms with Crippen LogP contribution < -0.4 is 0 Å². The molecule has 0 aliphatic rings. The van der Waals surface area contributed by atoms with Crippen LogP contribution in [0.3, 0.4) is 0 Å². The van der Waals surface area contributed by atoms with Gasteiger partial charge < -0.3 is 0 Å². The molecule has 0 saturated carbocycles. The Morgan fingerprint density at radius 3 is 2.40 bits per heavy atom. The van der Waals surface area contributed by atoms with Crippen molar-refractivity contribution >= 4 is 16.6 Å². The fraction of sp³-hybridized carbons (Fsp3) is 0. The maximum absolute atomic E-state index is 5.79. The first-order chi connectivity index (χ1) is 4.84. The zero-order valence-corrected chi connectivity index (χ0v) is 6.31. The standard InChI is InChI=1S/C9H8Cl/c1-2-9(10)8-6-4-3-5-7-8/h2-7H,1H2. The van der Waals surface area contributed by atoms with Gasteiger partial charge in [0.15, 0.2) is 0 Å². The summed E-state index contributed by atoms with van der Waals surface area (Å²) in [5.74, 6) is 0. The average molecular weight is 152 g/mol. The molecule has 0 aromatic heterocycles. The highest BCUT2D eigenvalue weighted by atomic mass is 35.5. The summed E-state index contributed by atoms with van der Waals surface area (Å²) in [6, 6.07) is 9.74. The molecular formula is C9H8Cl. The Kier molecular flexibility index (Phi) is 2.52. The number of halogens is 1. The molecule has 0 aliphatic heterocycles. The summed E-state index contributed by atoms with van der Waals surface area (Å²) in [5.41, 5.74) is 1.01. The summed E-state index contributed by atoms with van der Waals surface area (Å²) < 4.78 is 0. The SMILES string of the molecule is [CH2]C=C(Cl)c1ccccc1. The van der Waals surface area contributed by atoms with Crippen LogP contribution in [-0.4, -0.2) is 0 Å². The van der Waals surface area contributed by atoms with Gasteiger partial charge >= 0.3 is 0 Å². The highest BCUT2D eigenvalue weighted by Crippen LogP contribution is 2.16. The molecule has 1 heteroatoms. The maximum atomic E-state index is 5.79. The first kappa shape index (κ1) is 7.36. The van der Waals surface area contributed by atoms with Crippen molar-refractivity contribution in [3.63, 3.8) is 0 Å². The van der Waals surface area contributed by atoms with Gasteiger partial charge in [0.05, 0.1) is 0 Å². The predicted octanol–water partition coefficient (Wildman–Crippen LogP) is 3.10. The van der Waals surface area contributed by atoms with E-state index in [1.54, 1.807) is 6.08 Å². The Morgan fingerprint density at radius 2 is 1.90 bits per heavy atom. The van der Waals surface area contributed by atoms with Gasteiger partial charge in [-0.05, 0) is 12.5 Å². The van der Waals surface area contributed by atoms with Crippen molar-refractivity contribution in [2.45, 2.75) is 0 Å². The van der Waals surface area contributed by atoms with E-state index < -0.39 is 0 Å². The molecule has 0 fully saturated rings. The molecule has 0 heterocycles. The predicted molar refractivity (Wildman–Crippen MR) is 45.6 cm³/mol. The third-order valence-corrected chi connectivity index (χ3v) is 1.60. The average Bonchev–Trinajstić information content (AvgIpc) is 2.05. The summed E-state index contributed by atoms with van der Waals surface area (Å²) in [6.07, 6.45) is 1.64. The maximum Gasteiger partial charge on any atom is 0.0438 e. The Hall–Kier alpha value is -0.750. The Labute approximate surface area is 66.1 Å². The van der Waals surface area contributed by atoms with Crippen LogP contribution in [0.15, 0.2) is 36.4 Å². The van der Waals surface area contributed by atoms with E-state index in [9.17, 15) is 0 Å². The molecule has 0 spiro atoms. The molecule has 0 atom stereocenters. The molecule has 10 heavy (non-hydrogen) atoms. The first-order valence-corrected chi connectivity index (χ1v) is 3.42. The van der Waals surface area contributed by atoms with E-state index in [4.69, 9.17) is 11.6 Å². The van der Waals surface area contributed by atoms with Gasteiger partial charge in [-0.15, -0.1) is 0 Å². The molecule has 0 nitrogen and oxygen atoms in total. The van der Waals surface area contributed by atoms with Crippen molar-refractivity contribution in [1.82, 2.24) is 0 Å². The molecule has 1 aromatic rings. The van der Waals surface area contributed by atoms with Gasteiger partial charge in [0, 0.05) is 5.03 Å². The normalized spacial score (nSPS) is 11.6. The fourth-order valence-electron chi connectivity index (χ4n) is 0.715. The fourth-order valence-corrected chi connectivity index (χ4v) is 0.841. The van der Waals surface area contributed by atoms with E-state index in [1.807, 2.05) is 30.3 Å². The minimum Gasteiger partial charge on any atom is -0.0840 e. The molecule has 0 saturated heterocycles. The van der Waals surface area contributed by atoms with Gasteiger partial charge in [0.2, 0.25) is 0 Å². The second-order valence-electron chi connectivity index (χ2n) is 1.92. The number of allylic oxidation sites excluding steroid dienone is 1. The Bertz CT molecular complexity index is 224. The molecular weight excluding hydrogens is 144 g/mol. The van der Waals surface area contributed by atoms with Crippen LogP contribution in [0, 0.1) is 6.92 Å². The highest BCUT2D eigenvalue weighted by Gasteiger charge is 1.91. The van der Waals surface area contributed by atoms with Gasteiger partial charge in [-0.25, -0.2) is 0 Å². The van der Waals surface area contributed by atoms with Crippen molar-refractivity contribution in [1.29, 1.82) is 0 Å². The van der Waals surface area contributed by atoms with Crippen LogP contribution in [0.5, 0.6) is 0 Å². The van der Waals surface area contributed by atoms with Gasteiger partial charge in [0.1, 0.15) is 0 Å². The molecule has 0 aliphatic carbocycles. The largest absolute Gasteiger partial charge is 0.0840 e. The van der Waals surface area contributed by atoms with E-state index in [1.165, 1.54) is 0 Å². The Balaban J connectivity index is 2.96. The molecule has 0 amide bonds. The quantitative estimate of drug-likeness (QED) is 0.579. The lowest BCUT2D eigenvalue weighted by Gasteiger charge is -1.94. The Morgan fingerprint density at radius 1 is 1.30 bits per heavy atom. The minimum absolute atomic E-state index is 0.695. The van der Waals surface area contributed by atoms with E-state index in [-0.39, 0.29) is 0 Å². The van der Waals surface area contributed by atoms with Crippen LogP contribution >= 0.6 is 11.6 Å². The number of benzene rings is 1. The smallest absolute Gasteiger partial charge is 0.0438 e. The van der Waals surface area contributed by atoms with Crippen molar-refractivity contribution in [2.75, 3.05) is 0 Å². The summed E-state index contributed by atoms with van der Waals surface area (Å²) in [7, 11) is 0. The van der Waals surface area contributed by atoms with Crippen molar-refractivity contribution in [3.8, 4) is 0 Å². The number of hydrogen-bond donors (Lipinski definition) is 0. The van der Waals surface area contributed by atoms with Gasteiger partial charge in [-0.1, -0.05) is 48.0 Å². The molecule has 1 aromatic carbocycles. The van der Waals surface area contributed by atoms with Gasteiger partial charge in [-0.2, -0.15) is 0 Å². The van der Waals surface area contributed by atoms with Crippen LogP contribution in [0.25, 0.3) is 5.03 Å². The van der Waals surface area contributed by atoms with E-state index in [0.29, 0.717) is 5.03 Å². The third kappa shape index (κ3) is 1.61. The van der Waals surface area contributed by atoms with Crippen molar-refractivity contribution in [2.24, 2.45) is 0 Å². The number of hydrogen-bond acceptors (Lipinski definition) is 0. The number of rotatable bonds is 1. The first-order valence-electron chi connectivity index (χ1n) is 3.05. The van der Waals surface area contributed by atoms with Crippen molar-refractivity contribution < 1.29 is 0 Å². The summed E-state index contributed by atoms with van der Waals surface area (Å²) in [5, 5.41) is 0.695. The summed E-state index contributed by atoms with van der Waals surface area (Å²) in [4.78, 5) is 0. The van der Waals surface area contributed by atoms with Crippen LogP contribution in [0.1, 0.15) is 5.56 Å². The second-order valence-corrected chi connectivity index (χ2v) is 2.33. The van der Waals surface area contributed by atoms with Crippen molar-refractivity contribution in [3.05, 3.63) is 48.9 Å². The molecule has 1 radical (unpaired) electrons. The van der Waals surface area contributed by atoms with Crippen LogP contribution in [-0.2, 0) is 0 Å². The van der Waals surface area contributed by atoms with E-state index in [2.05, 4.69) is 6.92 Å². The zero-order chi connectivity index (χ0) is 7.40. The monoisotopic (exact) mass is 151 g/mol. The lowest BCUT2D eigenvalue weighted by molar-refractivity contribution is 1.65. The third-order valence-electron chi connectivity index (χ3n) is 1.23. The van der Waals surface area contributed by atoms with E-state index in [0.717, 1.165) is 5.56 Å². The second kappa shape index (κ2) is 3.43. The zero-order valence-electron chi connectivity index (χ0n) is 5.55. The molecule has 51 valence electrons. The lowest BCUT2D eigenvalue weighted by atomic mass is 10.2. The summed E-state index contributed by atoms with van der Waals surface area (Å²) in [6.45, 7) is 3.57. The molecule has 0 unspecified atom stereocenters. The molecule has 1 rings (SSSR count). The van der Waals surface area contributed by atoms with Crippen LogP contribution in [0.4, 0.5) is 0 Å². The topological polar surface area (TPSA) is 0 Å². The highest BCUT2D eigenvalue weighted by molar-refractivity contribution is 6.48. The summed E-state index contributed by atoms with van der Waals surface area (Å²) >= 11 is 5.79.